The third kappa shape index (κ3) is 6.17. The lowest BCUT2D eigenvalue weighted by Gasteiger charge is -2.11. The molecule has 0 bridgehead atoms. The first kappa shape index (κ1) is 20.6. The summed E-state index contributed by atoms with van der Waals surface area (Å²) >= 11 is 0. The van der Waals surface area contributed by atoms with Crippen molar-refractivity contribution in [1.29, 1.82) is 0 Å². The summed E-state index contributed by atoms with van der Waals surface area (Å²) in [6, 6.07) is 14.2. The second-order valence-corrected chi connectivity index (χ2v) is 7.71. The van der Waals surface area contributed by atoms with E-state index in [1.54, 1.807) is 36.4 Å². The Balaban J connectivity index is 1.53. The van der Waals surface area contributed by atoms with Gasteiger partial charge in [0.05, 0.1) is 16.8 Å². The summed E-state index contributed by atoms with van der Waals surface area (Å²) < 4.78 is 5.11. The topological polar surface area (TPSA) is 84.5 Å². The van der Waals surface area contributed by atoms with E-state index in [4.69, 9.17) is 4.74 Å². The lowest BCUT2D eigenvalue weighted by atomic mass is 10.0. The molecule has 0 saturated heterocycles. The molecular formula is C23H26N2O4. The number of rotatable bonds is 8. The highest BCUT2D eigenvalue weighted by molar-refractivity contribution is 6.04. The first-order valence-corrected chi connectivity index (χ1v) is 9.88. The molecule has 0 aromatic heterocycles. The van der Waals surface area contributed by atoms with Gasteiger partial charge in [0.1, 0.15) is 0 Å². The van der Waals surface area contributed by atoms with Crippen molar-refractivity contribution < 1.29 is 19.1 Å². The molecule has 1 aliphatic carbocycles. The highest BCUT2D eigenvalue weighted by Gasteiger charge is 2.25. The minimum atomic E-state index is -0.559. The van der Waals surface area contributed by atoms with E-state index >= 15 is 0 Å². The zero-order valence-corrected chi connectivity index (χ0v) is 16.7. The van der Waals surface area contributed by atoms with E-state index in [0.717, 1.165) is 24.8 Å². The molecule has 2 aromatic rings. The Bertz CT molecular complexity index is 886. The Kier molecular flexibility index (Phi) is 6.65. The Labute approximate surface area is 170 Å². The number of esters is 1. The number of anilines is 1. The van der Waals surface area contributed by atoms with Crippen molar-refractivity contribution in [3.05, 3.63) is 65.2 Å². The van der Waals surface area contributed by atoms with Gasteiger partial charge in [-0.2, -0.15) is 0 Å². The first-order chi connectivity index (χ1) is 13.9. The second kappa shape index (κ2) is 9.37. The quantitative estimate of drug-likeness (QED) is 0.671. The van der Waals surface area contributed by atoms with Gasteiger partial charge in [0.25, 0.3) is 11.8 Å². The minimum Gasteiger partial charge on any atom is -0.452 e. The number of para-hydroxylation sites is 1. The molecule has 1 aliphatic rings. The molecule has 2 aromatic carbocycles. The standard InChI is InChI=1S/C23H26N2O4/c1-15(2)13-16-7-9-17(10-8-16)23(28)29-14-21(26)25-20-6-4-3-5-19(20)22(27)24-18-11-12-18/h3-10,15,18H,11-14H2,1-2H3,(H,24,27)(H,25,26). The molecule has 6 nitrogen and oxygen atoms in total. The average Bonchev–Trinajstić information content (AvgIpc) is 3.50. The van der Waals surface area contributed by atoms with Gasteiger partial charge in [0.15, 0.2) is 6.61 Å². The van der Waals surface area contributed by atoms with Crippen LogP contribution in [0.4, 0.5) is 5.69 Å². The molecule has 3 rings (SSSR count). The van der Waals surface area contributed by atoms with Gasteiger partial charge in [0.2, 0.25) is 0 Å². The molecule has 0 radical (unpaired) electrons. The molecule has 0 spiro atoms. The lowest BCUT2D eigenvalue weighted by molar-refractivity contribution is -0.119. The fourth-order valence-electron chi connectivity index (χ4n) is 2.93. The van der Waals surface area contributed by atoms with Gasteiger partial charge in [-0.25, -0.2) is 4.79 Å². The van der Waals surface area contributed by atoms with Crippen LogP contribution in [-0.2, 0) is 16.0 Å². The molecule has 2 amide bonds. The monoisotopic (exact) mass is 394 g/mol. The summed E-state index contributed by atoms with van der Waals surface area (Å²) in [7, 11) is 0. The molecule has 29 heavy (non-hydrogen) atoms. The van der Waals surface area contributed by atoms with Gasteiger partial charge < -0.3 is 15.4 Å². The number of ether oxygens (including phenoxy) is 1. The van der Waals surface area contributed by atoms with Crippen LogP contribution >= 0.6 is 0 Å². The van der Waals surface area contributed by atoms with Gasteiger partial charge >= 0.3 is 5.97 Å². The van der Waals surface area contributed by atoms with Crippen LogP contribution < -0.4 is 10.6 Å². The van der Waals surface area contributed by atoms with Gasteiger partial charge in [-0.3, -0.25) is 9.59 Å². The summed E-state index contributed by atoms with van der Waals surface area (Å²) in [5.74, 6) is -0.745. The zero-order valence-electron chi connectivity index (χ0n) is 16.7. The van der Waals surface area contributed by atoms with Crippen molar-refractivity contribution in [3.63, 3.8) is 0 Å². The second-order valence-electron chi connectivity index (χ2n) is 7.71. The molecule has 152 valence electrons. The molecule has 2 N–H and O–H groups in total. The van der Waals surface area contributed by atoms with E-state index in [2.05, 4.69) is 24.5 Å². The molecule has 1 fully saturated rings. The normalized spacial score (nSPS) is 13.1. The van der Waals surface area contributed by atoms with E-state index in [9.17, 15) is 14.4 Å². The van der Waals surface area contributed by atoms with Crippen LogP contribution in [0, 0.1) is 5.92 Å². The molecule has 6 heteroatoms. The molecule has 0 heterocycles. The lowest BCUT2D eigenvalue weighted by Crippen LogP contribution is -2.28. The molecule has 1 saturated carbocycles. The number of hydrogen-bond donors (Lipinski definition) is 2. The number of carbonyl (C=O) groups is 3. The predicted octanol–water partition coefficient (Wildman–Crippen LogP) is 3.57. The summed E-state index contributed by atoms with van der Waals surface area (Å²) in [6.45, 7) is 3.84. The van der Waals surface area contributed by atoms with Gasteiger partial charge in [-0.1, -0.05) is 38.1 Å². The van der Waals surface area contributed by atoms with Crippen LogP contribution in [0.15, 0.2) is 48.5 Å². The van der Waals surface area contributed by atoms with Crippen molar-refractivity contribution in [3.8, 4) is 0 Å². The van der Waals surface area contributed by atoms with Crippen molar-refractivity contribution in [2.24, 2.45) is 5.92 Å². The first-order valence-electron chi connectivity index (χ1n) is 9.88. The summed E-state index contributed by atoms with van der Waals surface area (Å²) in [6.07, 6.45) is 2.90. The van der Waals surface area contributed by atoms with Crippen LogP contribution in [0.2, 0.25) is 0 Å². The Morgan fingerprint density at radius 3 is 2.38 bits per heavy atom. The smallest absolute Gasteiger partial charge is 0.338 e. The Morgan fingerprint density at radius 2 is 1.72 bits per heavy atom. The third-order valence-corrected chi connectivity index (χ3v) is 4.53. The highest BCUT2D eigenvalue weighted by Crippen LogP contribution is 2.21. The average molecular weight is 394 g/mol. The molecule has 0 atom stereocenters. The molecular weight excluding hydrogens is 368 g/mol. The van der Waals surface area contributed by atoms with Crippen molar-refractivity contribution >= 4 is 23.5 Å². The number of nitrogens with one attached hydrogen (secondary N) is 2. The maximum absolute atomic E-state index is 12.3. The van der Waals surface area contributed by atoms with E-state index < -0.39 is 18.5 Å². The van der Waals surface area contributed by atoms with Gasteiger partial charge in [0, 0.05) is 6.04 Å². The van der Waals surface area contributed by atoms with E-state index in [-0.39, 0.29) is 11.9 Å². The SMILES string of the molecule is CC(C)Cc1ccc(C(=O)OCC(=O)Nc2ccccc2C(=O)NC2CC2)cc1. The van der Waals surface area contributed by atoms with Crippen LogP contribution in [-0.4, -0.2) is 30.4 Å². The summed E-state index contributed by atoms with van der Waals surface area (Å²) in [5.41, 5.74) is 2.33. The summed E-state index contributed by atoms with van der Waals surface area (Å²) in [4.78, 5) is 36.7. The van der Waals surface area contributed by atoms with Crippen LogP contribution in [0.1, 0.15) is 53.0 Å². The summed E-state index contributed by atoms with van der Waals surface area (Å²) in [5, 5.41) is 5.54. The van der Waals surface area contributed by atoms with Crippen LogP contribution in [0.3, 0.4) is 0 Å². The van der Waals surface area contributed by atoms with Gasteiger partial charge in [-0.15, -0.1) is 0 Å². The molecule has 0 unspecified atom stereocenters. The highest BCUT2D eigenvalue weighted by atomic mass is 16.5. The van der Waals surface area contributed by atoms with Crippen LogP contribution in [0.5, 0.6) is 0 Å². The molecule has 0 aliphatic heterocycles. The minimum absolute atomic E-state index is 0.220. The Morgan fingerprint density at radius 1 is 1.03 bits per heavy atom. The Hall–Kier alpha value is -3.15. The number of amides is 2. The largest absolute Gasteiger partial charge is 0.452 e. The maximum atomic E-state index is 12.3. The number of benzene rings is 2. The van der Waals surface area contributed by atoms with E-state index in [0.29, 0.717) is 22.7 Å². The van der Waals surface area contributed by atoms with Crippen LogP contribution in [0.25, 0.3) is 0 Å². The van der Waals surface area contributed by atoms with Crippen molar-refractivity contribution in [2.75, 3.05) is 11.9 Å². The fourth-order valence-corrected chi connectivity index (χ4v) is 2.93. The van der Waals surface area contributed by atoms with Gasteiger partial charge in [-0.05, 0) is 55.0 Å². The maximum Gasteiger partial charge on any atom is 0.338 e. The van der Waals surface area contributed by atoms with Crippen molar-refractivity contribution in [1.82, 2.24) is 5.32 Å². The van der Waals surface area contributed by atoms with Crippen molar-refractivity contribution in [2.45, 2.75) is 39.2 Å². The van der Waals surface area contributed by atoms with E-state index in [1.807, 2.05) is 12.1 Å². The zero-order chi connectivity index (χ0) is 20.8. The fraction of sp³-hybridized carbons (Fsp3) is 0.348. The number of hydrogen-bond acceptors (Lipinski definition) is 4. The third-order valence-electron chi connectivity index (χ3n) is 4.53. The number of carbonyl (C=O) groups excluding carboxylic acids is 3. The van der Waals surface area contributed by atoms with E-state index in [1.165, 1.54) is 0 Å². The predicted molar refractivity (Wildman–Crippen MR) is 111 cm³/mol.